The standard InChI is InChI=1S/C23H27Cl2N7O2/c1-14-15(2)31(5-3-4-30-6-8-34-9-7-30)23-17(14)12-26-13-32(23)29-28-21-20-18(25)10-16(24)11-19(20)27-22(21)33/h10-12,29H,3-9,13H2,1-2H3,(H,27,28,33). The highest BCUT2D eigenvalue weighted by Crippen LogP contribution is 2.34. The number of carbonyl (C=O) groups excluding carboxylic acids is 1. The van der Waals surface area contributed by atoms with Gasteiger partial charge in [0.1, 0.15) is 12.5 Å². The summed E-state index contributed by atoms with van der Waals surface area (Å²) in [5.74, 6) is 0.665. The first-order valence-electron chi connectivity index (χ1n) is 11.4. The smallest absolute Gasteiger partial charge is 0.276 e. The summed E-state index contributed by atoms with van der Waals surface area (Å²) in [6.07, 6.45) is 2.94. The first kappa shape index (κ1) is 23.2. The Hall–Kier alpha value is -2.59. The molecular weight excluding hydrogens is 477 g/mol. The number of hydrazone groups is 1. The fraction of sp³-hybridized carbons (Fsp3) is 0.435. The lowest BCUT2D eigenvalue weighted by atomic mass is 10.1. The Kier molecular flexibility index (Phi) is 6.52. The van der Waals surface area contributed by atoms with Crippen molar-refractivity contribution in [1.82, 2.24) is 15.0 Å². The molecule has 1 aromatic heterocycles. The Morgan fingerprint density at radius 3 is 2.79 bits per heavy atom. The largest absolute Gasteiger partial charge is 0.379 e. The molecule has 9 nitrogen and oxygen atoms in total. The number of fused-ring (bicyclic) bond motifs is 2. The van der Waals surface area contributed by atoms with Crippen LogP contribution >= 0.6 is 23.2 Å². The fourth-order valence-corrected chi connectivity index (χ4v) is 5.23. The summed E-state index contributed by atoms with van der Waals surface area (Å²) in [4.78, 5) is 19.5. The molecular formula is C23H27Cl2N7O2. The van der Waals surface area contributed by atoms with Gasteiger partial charge in [-0.3, -0.25) is 14.7 Å². The molecule has 0 aliphatic carbocycles. The van der Waals surface area contributed by atoms with Gasteiger partial charge in [-0.15, -0.1) is 0 Å². The van der Waals surface area contributed by atoms with Crippen LogP contribution in [0.1, 0.15) is 28.8 Å². The minimum atomic E-state index is -0.333. The van der Waals surface area contributed by atoms with Crippen LogP contribution in [0.15, 0.2) is 22.2 Å². The first-order chi connectivity index (χ1) is 16.4. The molecule has 4 heterocycles. The van der Waals surface area contributed by atoms with Crippen LogP contribution in [0.2, 0.25) is 10.0 Å². The molecule has 2 aromatic rings. The van der Waals surface area contributed by atoms with E-state index in [2.05, 4.69) is 44.3 Å². The van der Waals surface area contributed by atoms with Gasteiger partial charge in [0, 0.05) is 48.7 Å². The molecule has 1 amide bonds. The van der Waals surface area contributed by atoms with Gasteiger partial charge in [-0.05, 0) is 38.0 Å². The number of nitrogens with one attached hydrogen (secondary N) is 2. The molecule has 34 heavy (non-hydrogen) atoms. The minimum absolute atomic E-state index is 0.214. The predicted octanol–water partition coefficient (Wildman–Crippen LogP) is 3.19. The van der Waals surface area contributed by atoms with E-state index in [1.54, 1.807) is 12.1 Å². The number of nitrogens with zero attached hydrogens (tertiary/aromatic N) is 5. The Labute approximate surface area is 208 Å². The number of carbonyl (C=O) groups is 1. The molecule has 0 radical (unpaired) electrons. The van der Waals surface area contributed by atoms with Crippen LogP contribution in [0.25, 0.3) is 0 Å². The number of aromatic nitrogens is 1. The molecule has 0 spiro atoms. The first-order valence-corrected chi connectivity index (χ1v) is 12.1. The number of amides is 1. The Bertz CT molecular complexity index is 1180. The summed E-state index contributed by atoms with van der Waals surface area (Å²) in [7, 11) is 0. The van der Waals surface area contributed by atoms with Crippen molar-refractivity contribution in [2.75, 3.05) is 49.8 Å². The van der Waals surface area contributed by atoms with E-state index in [1.165, 1.54) is 11.3 Å². The Morgan fingerprint density at radius 1 is 1.21 bits per heavy atom. The van der Waals surface area contributed by atoms with E-state index in [0.29, 0.717) is 28.0 Å². The Balaban J connectivity index is 1.38. The molecule has 0 unspecified atom stereocenters. The van der Waals surface area contributed by atoms with Crippen LogP contribution in [0, 0.1) is 13.8 Å². The van der Waals surface area contributed by atoms with E-state index < -0.39 is 0 Å². The topological polar surface area (TPSA) is 86.5 Å². The average molecular weight is 504 g/mol. The summed E-state index contributed by atoms with van der Waals surface area (Å²) in [6.45, 7) is 10.1. The quantitative estimate of drug-likeness (QED) is 0.591. The lowest BCUT2D eigenvalue weighted by Crippen LogP contribution is -2.40. The van der Waals surface area contributed by atoms with Crippen LogP contribution in [-0.4, -0.2) is 66.8 Å². The zero-order chi connectivity index (χ0) is 23.8. The molecule has 2 N–H and O–H groups in total. The molecule has 3 aliphatic heterocycles. The highest BCUT2D eigenvalue weighted by atomic mass is 35.5. The normalized spacial score (nSPS) is 18.9. The van der Waals surface area contributed by atoms with E-state index >= 15 is 0 Å². The number of hydrogen-bond acceptors (Lipinski definition) is 7. The van der Waals surface area contributed by atoms with E-state index in [-0.39, 0.29) is 11.6 Å². The zero-order valence-corrected chi connectivity index (χ0v) is 20.7. The minimum Gasteiger partial charge on any atom is -0.379 e. The van der Waals surface area contributed by atoms with E-state index in [4.69, 9.17) is 27.9 Å². The molecule has 1 saturated heterocycles. The fourth-order valence-electron chi connectivity index (χ4n) is 4.65. The maximum Gasteiger partial charge on any atom is 0.276 e. The van der Waals surface area contributed by atoms with Gasteiger partial charge in [0.25, 0.3) is 5.91 Å². The summed E-state index contributed by atoms with van der Waals surface area (Å²) >= 11 is 12.4. The van der Waals surface area contributed by atoms with Crippen molar-refractivity contribution in [2.45, 2.75) is 26.8 Å². The Morgan fingerprint density at radius 2 is 2.00 bits per heavy atom. The molecule has 3 aliphatic rings. The van der Waals surface area contributed by atoms with Crippen LogP contribution in [0.5, 0.6) is 0 Å². The molecule has 0 saturated carbocycles. The van der Waals surface area contributed by atoms with Gasteiger partial charge in [0.2, 0.25) is 0 Å². The zero-order valence-electron chi connectivity index (χ0n) is 19.2. The monoisotopic (exact) mass is 503 g/mol. The summed E-state index contributed by atoms with van der Waals surface area (Å²) in [6, 6.07) is 3.27. The number of ether oxygens (including phenoxy) is 1. The highest BCUT2D eigenvalue weighted by Gasteiger charge is 2.30. The second-order valence-corrected chi connectivity index (χ2v) is 9.46. The molecule has 0 bridgehead atoms. The summed E-state index contributed by atoms with van der Waals surface area (Å²) in [5, 5.41) is 9.90. The highest BCUT2D eigenvalue weighted by molar-refractivity contribution is 6.57. The third-order valence-electron chi connectivity index (χ3n) is 6.54. The third-order valence-corrected chi connectivity index (χ3v) is 7.06. The van der Waals surface area contributed by atoms with Crippen molar-refractivity contribution >= 4 is 52.5 Å². The predicted molar refractivity (Wildman–Crippen MR) is 135 cm³/mol. The van der Waals surface area contributed by atoms with Gasteiger partial charge >= 0.3 is 0 Å². The second kappa shape index (κ2) is 9.58. The molecule has 180 valence electrons. The number of hydrazine groups is 1. The van der Waals surface area contributed by atoms with Gasteiger partial charge in [0.15, 0.2) is 5.71 Å². The van der Waals surface area contributed by atoms with E-state index in [9.17, 15) is 4.79 Å². The lowest BCUT2D eigenvalue weighted by Gasteiger charge is -2.28. The number of morpholine rings is 1. The average Bonchev–Trinajstić information content (AvgIpc) is 3.27. The summed E-state index contributed by atoms with van der Waals surface area (Å²) in [5.41, 5.74) is 7.81. The number of halogens is 2. The maximum atomic E-state index is 12.6. The number of anilines is 2. The lowest BCUT2D eigenvalue weighted by molar-refractivity contribution is -0.110. The van der Waals surface area contributed by atoms with Gasteiger partial charge in [-0.1, -0.05) is 23.2 Å². The van der Waals surface area contributed by atoms with Gasteiger partial charge in [-0.25, -0.2) is 10.5 Å². The number of rotatable bonds is 6. The number of hydrogen-bond donors (Lipinski definition) is 2. The summed E-state index contributed by atoms with van der Waals surface area (Å²) < 4.78 is 7.76. The van der Waals surface area contributed by atoms with Crippen LogP contribution < -0.4 is 15.9 Å². The maximum absolute atomic E-state index is 12.6. The molecule has 11 heteroatoms. The van der Waals surface area contributed by atoms with Crippen molar-refractivity contribution in [2.24, 2.45) is 10.1 Å². The van der Waals surface area contributed by atoms with Crippen LogP contribution in [0.3, 0.4) is 0 Å². The van der Waals surface area contributed by atoms with Gasteiger partial charge < -0.3 is 14.6 Å². The van der Waals surface area contributed by atoms with Crippen molar-refractivity contribution < 1.29 is 9.53 Å². The van der Waals surface area contributed by atoms with Crippen molar-refractivity contribution in [3.05, 3.63) is 44.6 Å². The third kappa shape index (κ3) is 4.29. The SMILES string of the molecule is Cc1c2c(n(CCCN3CCOCC3)c1C)N(NN=C1C(=O)Nc3cc(Cl)cc(Cl)c31)CN=C2. The number of benzene rings is 1. The van der Waals surface area contributed by atoms with Crippen molar-refractivity contribution in [3.8, 4) is 0 Å². The molecule has 0 atom stereocenters. The molecule has 5 rings (SSSR count). The van der Waals surface area contributed by atoms with Crippen molar-refractivity contribution in [1.29, 1.82) is 0 Å². The molecule has 1 aromatic carbocycles. The van der Waals surface area contributed by atoms with Gasteiger partial charge in [-0.2, -0.15) is 5.10 Å². The van der Waals surface area contributed by atoms with Crippen molar-refractivity contribution in [3.63, 3.8) is 0 Å². The number of aliphatic imine (C=N–C) groups is 1. The van der Waals surface area contributed by atoms with Crippen LogP contribution in [0.4, 0.5) is 11.5 Å². The second-order valence-electron chi connectivity index (χ2n) is 8.61. The van der Waals surface area contributed by atoms with E-state index in [0.717, 1.165) is 57.2 Å². The van der Waals surface area contributed by atoms with Gasteiger partial charge in [0.05, 0.1) is 29.5 Å². The molecule has 1 fully saturated rings. The van der Waals surface area contributed by atoms with Crippen LogP contribution in [-0.2, 0) is 16.1 Å². The van der Waals surface area contributed by atoms with E-state index in [1.807, 2.05) is 11.2 Å².